The zero-order chi connectivity index (χ0) is 18.9. The van der Waals surface area contributed by atoms with Crippen molar-refractivity contribution >= 4 is 47.1 Å². The quantitative estimate of drug-likeness (QED) is 0.334. The van der Waals surface area contributed by atoms with Crippen molar-refractivity contribution in [2.75, 3.05) is 24.5 Å². The van der Waals surface area contributed by atoms with Gasteiger partial charge < -0.3 is 15.5 Å². The first-order chi connectivity index (χ1) is 13.3. The van der Waals surface area contributed by atoms with E-state index in [0.717, 1.165) is 38.0 Å². The van der Waals surface area contributed by atoms with Crippen molar-refractivity contribution in [1.29, 1.82) is 0 Å². The lowest BCUT2D eigenvalue weighted by Gasteiger charge is -2.21. The third-order valence-electron chi connectivity index (χ3n) is 4.89. The summed E-state index contributed by atoms with van der Waals surface area (Å²) in [5, 5.41) is 8.92. The summed E-state index contributed by atoms with van der Waals surface area (Å²) in [5.41, 5.74) is 2.54. The van der Waals surface area contributed by atoms with Crippen molar-refractivity contribution < 1.29 is 0 Å². The van der Waals surface area contributed by atoms with Gasteiger partial charge in [0.2, 0.25) is 0 Å². The number of hydrogen-bond acceptors (Lipinski definition) is 4. The van der Waals surface area contributed by atoms with Crippen LogP contribution in [0.3, 0.4) is 0 Å². The van der Waals surface area contributed by atoms with E-state index in [0.29, 0.717) is 6.54 Å². The monoisotopic (exact) mass is 513 g/mol. The molecule has 5 nitrogen and oxygen atoms in total. The van der Waals surface area contributed by atoms with Gasteiger partial charge >= 0.3 is 0 Å². The Morgan fingerprint density at radius 2 is 1.96 bits per heavy atom. The number of guanidine groups is 1. The van der Waals surface area contributed by atoms with E-state index in [1.54, 1.807) is 11.3 Å². The maximum atomic E-state index is 4.77. The standard InChI is InChI=1S/C21H31N5S.HI/c1-3-22-21(25-16-19-17(2)9-13-27-19)24-15-18-8-10-23-20(14-18)26-11-6-4-5-7-12-26;/h8-10,13-14H,3-7,11-12,15-16H2,1-2H3,(H2,22,24,25);1H. The van der Waals surface area contributed by atoms with Crippen LogP contribution in [-0.2, 0) is 13.1 Å². The fourth-order valence-corrected chi connectivity index (χ4v) is 4.14. The fraction of sp³-hybridized carbons (Fsp3) is 0.524. The molecular formula is C21H32IN5S. The number of thiophene rings is 1. The first-order valence-electron chi connectivity index (χ1n) is 10.0. The lowest BCUT2D eigenvalue weighted by atomic mass is 10.2. The third kappa shape index (κ3) is 6.92. The number of halogens is 1. The van der Waals surface area contributed by atoms with E-state index in [9.17, 15) is 0 Å². The Balaban J connectivity index is 0.00000280. The number of anilines is 1. The molecule has 2 aromatic rings. The highest BCUT2D eigenvalue weighted by Crippen LogP contribution is 2.18. The largest absolute Gasteiger partial charge is 0.357 e. The molecule has 1 aliphatic heterocycles. The lowest BCUT2D eigenvalue weighted by Crippen LogP contribution is -2.36. The van der Waals surface area contributed by atoms with Crippen LogP contribution in [0, 0.1) is 6.92 Å². The number of aromatic nitrogens is 1. The highest BCUT2D eigenvalue weighted by Gasteiger charge is 2.11. The molecule has 0 bridgehead atoms. The van der Waals surface area contributed by atoms with E-state index >= 15 is 0 Å². The predicted octanol–water partition coefficient (Wildman–Crippen LogP) is 4.71. The van der Waals surface area contributed by atoms with Gasteiger partial charge in [-0.15, -0.1) is 35.3 Å². The second-order valence-corrected chi connectivity index (χ2v) is 8.00. The molecule has 3 heterocycles. The summed E-state index contributed by atoms with van der Waals surface area (Å²) in [6.45, 7) is 8.79. The normalized spacial score (nSPS) is 14.9. The Morgan fingerprint density at radius 1 is 1.18 bits per heavy atom. The summed E-state index contributed by atoms with van der Waals surface area (Å²) in [6.07, 6.45) is 7.12. The molecule has 0 saturated carbocycles. The van der Waals surface area contributed by atoms with Crippen molar-refractivity contribution in [3.8, 4) is 0 Å². The minimum atomic E-state index is 0. The van der Waals surface area contributed by atoms with Crippen LogP contribution in [0.15, 0.2) is 34.8 Å². The molecule has 3 rings (SSSR count). The van der Waals surface area contributed by atoms with Gasteiger partial charge in [0, 0.05) is 30.7 Å². The van der Waals surface area contributed by atoms with E-state index < -0.39 is 0 Å². The summed E-state index contributed by atoms with van der Waals surface area (Å²) in [4.78, 5) is 13.1. The maximum absolute atomic E-state index is 4.77. The van der Waals surface area contributed by atoms with Gasteiger partial charge in [0.25, 0.3) is 0 Å². The first-order valence-corrected chi connectivity index (χ1v) is 10.9. The van der Waals surface area contributed by atoms with Crippen molar-refractivity contribution in [3.63, 3.8) is 0 Å². The predicted molar refractivity (Wildman–Crippen MR) is 131 cm³/mol. The number of aryl methyl sites for hydroxylation is 1. The molecule has 1 saturated heterocycles. The molecule has 0 atom stereocenters. The SMILES string of the molecule is CCNC(=NCc1ccnc(N2CCCCCC2)c1)NCc1sccc1C.I. The average Bonchev–Trinajstić information content (AvgIpc) is 2.93. The fourth-order valence-electron chi connectivity index (χ4n) is 3.29. The molecule has 2 N–H and O–H groups in total. The van der Waals surface area contributed by atoms with E-state index in [1.165, 1.54) is 41.7 Å². The molecule has 28 heavy (non-hydrogen) atoms. The van der Waals surface area contributed by atoms with Crippen LogP contribution >= 0.6 is 35.3 Å². The van der Waals surface area contributed by atoms with Gasteiger partial charge in [-0.3, -0.25) is 0 Å². The van der Waals surface area contributed by atoms with Crippen LogP contribution in [0.4, 0.5) is 5.82 Å². The van der Waals surface area contributed by atoms with Gasteiger partial charge in [-0.25, -0.2) is 9.98 Å². The molecule has 154 valence electrons. The van der Waals surface area contributed by atoms with Crippen LogP contribution in [0.25, 0.3) is 0 Å². The van der Waals surface area contributed by atoms with Gasteiger partial charge in [-0.1, -0.05) is 12.8 Å². The number of rotatable bonds is 6. The second-order valence-electron chi connectivity index (χ2n) is 7.00. The Morgan fingerprint density at radius 3 is 2.64 bits per heavy atom. The first kappa shape index (κ1) is 22.9. The molecule has 0 unspecified atom stereocenters. The molecule has 0 spiro atoms. The van der Waals surface area contributed by atoms with Crippen molar-refractivity contribution in [2.24, 2.45) is 4.99 Å². The van der Waals surface area contributed by atoms with Gasteiger partial charge in [0.05, 0.1) is 13.1 Å². The number of pyridine rings is 1. The van der Waals surface area contributed by atoms with Crippen LogP contribution in [-0.4, -0.2) is 30.6 Å². The molecule has 7 heteroatoms. The highest BCUT2D eigenvalue weighted by molar-refractivity contribution is 14.0. The van der Waals surface area contributed by atoms with Gasteiger partial charge in [0.1, 0.15) is 5.82 Å². The average molecular weight is 513 g/mol. The van der Waals surface area contributed by atoms with Crippen LogP contribution in [0.1, 0.15) is 48.6 Å². The summed E-state index contributed by atoms with van der Waals surface area (Å²) in [7, 11) is 0. The molecule has 0 aliphatic carbocycles. The Bertz CT molecular complexity index is 738. The topological polar surface area (TPSA) is 52.6 Å². The summed E-state index contributed by atoms with van der Waals surface area (Å²) in [5.74, 6) is 1.95. The smallest absolute Gasteiger partial charge is 0.191 e. The van der Waals surface area contributed by atoms with Crippen LogP contribution in [0.2, 0.25) is 0 Å². The number of aliphatic imine (C=N–C) groups is 1. The molecule has 2 aromatic heterocycles. The molecular weight excluding hydrogens is 481 g/mol. The molecule has 1 aliphatic rings. The molecule has 1 fully saturated rings. The number of hydrogen-bond donors (Lipinski definition) is 2. The molecule has 0 amide bonds. The van der Waals surface area contributed by atoms with E-state index in [1.807, 2.05) is 6.20 Å². The Labute approximate surface area is 190 Å². The summed E-state index contributed by atoms with van der Waals surface area (Å²) in [6, 6.07) is 6.42. The number of nitrogens with one attached hydrogen (secondary N) is 2. The third-order valence-corrected chi connectivity index (χ3v) is 5.91. The molecule has 0 aromatic carbocycles. The second kappa shape index (κ2) is 12.3. The zero-order valence-corrected chi connectivity index (χ0v) is 20.1. The number of nitrogens with zero attached hydrogens (tertiary/aromatic N) is 3. The Hall–Kier alpha value is -1.35. The van der Waals surface area contributed by atoms with Gasteiger partial charge in [-0.2, -0.15) is 0 Å². The maximum Gasteiger partial charge on any atom is 0.191 e. The lowest BCUT2D eigenvalue weighted by molar-refractivity contribution is 0.726. The summed E-state index contributed by atoms with van der Waals surface area (Å²) < 4.78 is 0. The van der Waals surface area contributed by atoms with Crippen molar-refractivity contribution in [2.45, 2.75) is 52.6 Å². The summed E-state index contributed by atoms with van der Waals surface area (Å²) >= 11 is 1.78. The minimum Gasteiger partial charge on any atom is -0.357 e. The van der Waals surface area contributed by atoms with Crippen molar-refractivity contribution in [1.82, 2.24) is 15.6 Å². The molecule has 0 radical (unpaired) electrons. The van der Waals surface area contributed by atoms with E-state index in [2.05, 4.69) is 57.9 Å². The van der Waals surface area contributed by atoms with Gasteiger partial charge in [0.15, 0.2) is 5.96 Å². The van der Waals surface area contributed by atoms with Crippen LogP contribution in [0.5, 0.6) is 0 Å². The van der Waals surface area contributed by atoms with E-state index in [-0.39, 0.29) is 24.0 Å². The van der Waals surface area contributed by atoms with Gasteiger partial charge in [-0.05, 0) is 61.4 Å². The minimum absolute atomic E-state index is 0. The van der Waals surface area contributed by atoms with Crippen LogP contribution < -0.4 is 15.5 Å². The van der Waals surface area contributed by atoms with E-state index in [4.69, 9.17) is 4.99 Å². The highest BCUT2D eigenvalue weighted by atomic mass is 127. The Kier molecular flexibility index (Phi) is 10.0. The zero-order valence-electron chi connectivity index (χ0n) is 16.9. The van der Waals surface area contributed by atoms with Crippen molar-refractivity contribution in [3.05, 3.63) is 45.8 Å².